The van der Waals surface area contributed by atoms with E-state index in [-0.39, 0.29) is 23.5 Å². The number of hydrogen-bond donors (Lipinski definition) is 3. The average Bonchev–Trinajstić information content (AvgIpc) is 3.89. The molecule has 1 aliphatic heterocycles. The molecule has 0 spiro atoms. The summed E-state index contributed by atoms with van der Waals surface area (Å²) in [5, 5.41) is 29.4. The van der Waals surface area contributed by atoms with E-state index >= 15 is 0 Å². The summed E-state index contributed by atoms with van der Waals surface area (Å²) in [7, 11) is -0.222. The van der Waals surface area contributed by atoms with E-state index in [4.69, 9.17) is 14.3 Å². The molecule has 364 valence electrons. The molecule has 1 heterocycles. The Hall–Kier alpha value is -2.43. The maximum absolute atomic E-state index is 11.0. The molecule has 6 rings (SSSR count). The number of hydrogen-bond acceptors (Lipinski definition) is 7. The van der Waals surface area contributed by atoms with Crippen molar-refractivity contribution in [3.63, 3.8) is 0 Å². The number of carboxylic acid groups (broad SMARTS) is 1. The van der Waals surface area contributed by atoms with E-state index in [2.05, 4.69) is 148 Å². The summed E-state index contributed by atoms with van der Waals surface area (Å²) >= 11 is 4.37. The van der Waals surface area contributed by atoms with Crippen LogP contribution in [0.3, 0.4) is 0 Å². The Kier molecular flexibility index (Phi) is 21.4. The second-order valence-electron chi connectivity index (χ2n) is 21.0. The van der Waals surface area contributed by atoms with Crippen molar-refractivity contribution in [2.45, 2.75) is 149 Å². The number of methoxy groups -OCH3 is 1. The third kappa shape index (κ3) is 14.5. The van der Waals surface area contributed by atoms with Gasteiger partial charge in [0, 0.05) is 26.1 Å². The molecular weight excluding hydrogens is 916 g/mol. The molecule has 0 bridgehead atoms. The van der Waals surface area contributed by atoms with Gasteiger partial charge in [-0.1, -0.05) is 60.8 Å². The van der Waals surface area contributed by atoms with Gasteiger partial charge in [0.15, 0.2) is 14.6 Å². The fourth-order valence-corrected chi connectivity index (χ4v) is 19.4. The molecule has 3 aromatic carbocycles. The number of ether oxygens (including phenoxy) is 2. The fraction of sp³-hybridized carbons (Fsp3) is 0.630. The number of fused-ring (bicyclic) bond motifs is 1. The Labute approximate surface area is 401 Å². The molecule has 9 atom stereocenters. The molecule has 3 fully saturated rings. The van der Waals surface area contributed by atoms with Gasteiger partial charge in [-0.05, 0) is 85.2 Å². The molecule has 8 nitrogen and oxygen atoms in total. The van der Waals surface area contributed by atoms with Gasteiger partial charge in [-0.3, -0.25) is 4.79 Å². The van der Waals surface area contributed by atoms with Gasteiger partial charge in [0.25, 0.3) is 0 Å². The molecule has 1 saturated heterocycles. The monoisotopic (exact) mass is 998 g/mol. The average molecular weight is 1000 g/mol. The molecule has 65 heavy (non-hydrogen) atoms. The number of unbranched alkanes of at least 4 members (excludes halogenated alkanes) is 4. The van der Waals surface area contributed by atoms with Gasteiger partial charge in [-0.2, -0.15) is 0 Å². The van der Waals surface area contributed by atoms with Crippen molar-refractivity contribution in [3.05, 3.63) is 91.0 Å². The Morgan fingerprint density at radius 2 is 1.22 bits per heavy atom. The van der Waals surface area contributed by atoms with Crippen LogP contribution in [-0.2, 0) is 23.5 Å². The molecule has 0 amide bonds. The predicted octanol–water partition coefficient (Wildman–Crippen LogP) is 11.9. The van der Waals surface area contributed by atoms with E-state index in [1.54, 1.807) is 0 Å². The number of rotatable bonds is 19. The second-order valence-corrected chi connectivity index (χ2v) is 34.8. The number of carbonyl (C=O) groups excluding carboxylic acids is 1. The van der Waals surface area contributed by atoms with E-state index in [9.17, 15) is 19.8 Å². The maximum atomic E-state index is 11.0. The summed E-state index contributed by atoms with van der Waals surface area (Å²) in [5.41, 5.74) is 0. The van der Waals surface area contributed by atoms with Gasteiger partial charge in [-0.15, -0.1) is 0 Å². The number of aliphatic hydroxyl groups excluding tert-OH is 2. The number of esters is 1. The normalized spacial score (nSPS) is 25.8. The molecule has 3 N–H and O–H groups in total. The topological polar surface area (TPSA) is 123 Å². The minimum atomic E-state index is -2.89. The van der Waals surface area contributed by atoms with Crippen molar-refractivity contribution in [2.75, 3.05) is 26.5 Å². The zero-order valence-corrected chi connectivity index (χ0v) is 44.7. The predicted molar refractivity (Wildman–Crippen MR) is 277 cm³/mol. The van der Waals surface area contributed by atoms with Crippen LogP contribution in [-0.4, -0.2) is 74.5 Å². The fourth-order valence-electron chi connectivity index (χ4n) is 10.6. The van der Waals surface area contributed by atoms with Crippen molar-refractivity contribution in [2.24, 2.45) is 41.4 Å². The number of halogens is 1. The summed E-state index contributed by atoms with van der Waals surface area (Å²) in [6.07, 6.45) is 11.7. The Morgan fingerprint density at radius 3 is 1.71 bits per heavy atom. The van der Waals surface area contributed by atoms with Gasteiger partial charge in [0.1, 0.15) is 0 Å². The zero-order chi connectivity index (χ0) is 47.9. The molecule has 0 radical (unpaired) electrons. The first kappa shape index (κ1) is 55.2. The third-order valence-corrected chi connectivity index (χ3v) is 30.1. The number of aliphatic carboxylic acids is 1. The van der Waals surface area contributed by atoms with Gasteiger partial charge in [0.05, 0.1) is 13.2 Å². The van der Waals surface area contributed by atoms with Gasteiger partial charge < -0.3 is 24.1 Å². The van der Waals surface area contributed by atoms with Crippen LogP contribution in [0.5, 0.6) is 0 Å². The molecule has 2 saturated carbocycles. The summed E-state index contributed by atoms with van der Waals surface area (Å²) in [4.78, 5) is 22.0. The van der Waals surface area contributed by atoms with Crippen molar-refractivity contribution >= 4 is 57.0 Å². The van der Waals surface area contributed by atoms with Crippen LogP contribution in [0.4, 0.5) is 0 Å². The zero-order valence-electron chi connectivity index (χ0n) is 41.2. The van der Waals surface area contributed by atoms with Crippen molar-refractivity contribution in [1.29, 1.82) is 0 Å². The van der Waals surface area contributed by atoms with Crippen LogP contribution in [0, 0.1) is 41.4 Å². The third-order valence-electron chi connectivity index (χ3n) is 15.6. The molecule has 3 aliphatic rings. The Bertz CT molecular complexity index is 1760. The van der Waals surface area contributed by atoms with Crippen molar-refractivity contribution in [3.8, 4) is 0 Å². The van der Waals surface area contributed by atoms with E-state index in [0.717, 1.165) is 50.8 Å². The number of aliphatic hydroxyl groups is 2. The molecule has 1 unspecified atom stereocenters. The van der Waals surface area contributed by atoms with Gasteiger partial charge in [0.2, 0.25) is 0 Å². The molecule has 11 heteroatoms. The quantitative estimate of drug-likeness (QED) is 0.0470. The number of benzene rings is 3. The first-order chi connectivity index (χ1) is 30.8. The second kappa shape index (κ2) is 25.3. The van der Waals surface area contributed by atoms with Crippen molar-refractivity contribution in [1.82, 2.24) is 0 Å². The number of carbonyl (C=O) groups is 2. The van der Waals surface area contributed by atoms with Crippen molar-refractivity contribution < 1.29 is 38.8 Å². The number of carboxylic acids is 1. The van der Waals surface area contributed by atoms with Crippen LogP contribution in [0.25, 0.3) is 0 Å². The van der Waals surface area contributed by atoms with Crippen LogP contribution in [0.1, 0.15) is 119 Å². The first-order valence-electron chi connectivity index (χ1n) is 24.5. The van der Waals surface area contributed by atoms with Gasteiger partial charge >= 0.3 is 175 Å². The van der Waals surface area contributed by atoms with Crippen LogP contribution >= 0.6 is 20.8 Å². The summed E-state index contributed by atoms with van der Waals surface area (Å²) in [5.74, 6) is 3.48. The summed E-state index contributed by atoms with van der Waals surface area (Å²) in [6, 6.07) is 31.8. The van der Waals surface area contributed by atoms with Crippen LogP contribution in [0.15, 0.2) is 91.0 Å². The molecular formula is C54H84BrO8PSi. The van der Waals surface area contributed by atoms with Crippen LogP contribution in [0.2, 0.25) is 18.1 Å². The summed E-state index contributed by atoms with van der Waals surface area (Å²) in [6.45, 7) is 19.5. The molecule has 0 aromatic heterocycles. The standard InChI is InChI=1S/C23H24BrO2P.C16H30O3.C15H30O3Si/c24-27(19-11-10-18-23(25)26,20-12-4-1-5-13-20,21-14-6-2-7-15-21)22-16-8-3-9-17-22;1-12-10-13(2)15(11-17)14(12)8-6-4-5-7-9-16(18)19-3;1-10-7-13-11(8-14(16)18-13)12(10)9-17-19(5,6)15(2,3)4/h1-9,12-17H,10-11,18-19H2,(H,25,26);12-15,17H,4-11H2,1-3H3;10-14,16H,7-9H2,1-6H3/t;12-,13+,14-,15-;10-,11-,12+,13+,14?/m.01/s1. The summed E-state index contributed by atoms with van der Waals surface area (Å²) < 4.78 is 16.6. The van der Waals surface area contributed by atoms with E-state index in [1.165, 1.54) is 48.7 Å². The Balaban J connectivity index is 0.000000219. The molecule has 3 aromatic rings. The minimum absolute atomic E-state index is 0.0985. The molecule has 2 aliphatic carbocycles. The van der Waals surface area contributed by atoms with Crippen LogP contribution < -0.4 is 15.9 Å². The first-order valence-corrected chi connectivity index (χ1v) is 31.9. The van der Waals surface area contributed by atoms with E-state index in [0.29, 0.717) is 55.0 Å². The van der Waals surface area contributed by atoms with E-state index < -0.39 is 25.9 Å². The van der Waals surface area contributed by atoms with Gasteiger partial charge in [-0.25, -0.2) is 0 Å². The van der Waals surface area contributed by atoms with E-state index in [1.807, 2.05) is 18.2 Å². The SMILES string of the molecule is COC(=O)CCCCCC[C@@H]1[C@@H](CO)[C@H](C)C[C@@H]1C.C[C@@H]1C[C@@H]2OC(O)C[C@@H]2[C@H]1CO[Si](C)(C)C(C)(C)C.O=C(O)CCCCP(Br)(c1ccccc1)(c1ccccc1)c1ccccc1. The Morgan fingerprint density at radius 1 is 0.723 bits per heavy atom.